The molecule has 0 spiro atoms. The molecule has 36 heavy (non-hydrogen) atoms. The van der Waals surface area contributed by atoms with Gasteiger partial charge in [0.05, 0.1) is 32.6 Å². The van der Waals surface area contributed by atoms with Crippen LogP contribution in [0.5, 0.6) is 0 Å². The van der Waals surface area contributed by atoms with Gasteiger partial charge in [0.25, 0.3) is 5.56 Å². The van der Waals surface area contributed by atoms with E-state index in [0.717, 1.165) is 41.7 Å². The fraction of sp³-hybridized carbons (Fsp3) is 0.241. The summed E-state index contributed by atoms with van der Waals surface area (Å²) < 4.78 is 1.58. The molecule has 2 aromatic carbocycles. The molecule has 0 atom stereocenters. The highest BCUT2D eigenvalue weighted by molar-refractivity contribution is 6.38. The van der Waals surface area contributed by atoms with Gasteiger partial charge in [-0.1, -0.05) is 65.1 Å². The van der Waals surface area contributed by atoms with E-state index in [2.05, 4.69) is 31.7 Å². The number of nitrogens with zero attached hydrogens (tertiary/aromatic N) is 3. The van der Waals surface area contributed by atoms with Crippen molar-refractivity contribution in [2.45, 2.75) is 32.7 Å². The number of hydrogen-bond donors (Lipinski definition) is 0. The summed E-state index contributed by atoms with van der Waals surface area (Å²) in [5, 5.41) is 2.17. The average Bonchev–Trinajstić information content (AvgIpc) is 2.84. The summed E-state index contributed by atoms with van der Waals surface area (Å²) in [4.78, 5) is 20.8. The zero-order valence-corrected chi connectivity index (χ0v) is 22.6. The van der Waals surface area contributed by atoms with E-state index < -0.39 is 0 Å². The lowest BCUT2D eigenvalue weighted by Crippen LogP contribution is -2.43. The Morgan fingerprint density at radius 2 is 1.58 bits per heavy atom. The van der Waals surface area contributed by atoms with Gasteiger partial charge in [0.2, 0.25) is 0 Å². The molecule has 0 bridgehead atoms. The standard InChI is InChI=1S/C29H26Cl3N3O/c1-29(2,3)34-15-13-18(14-16-34)24-17-25-20(27(33-24)19-7-4-5-8-21(19)30)11-12-26(36)35(25)28-22(31)9-6-10-23(28)32/h4-13,17H,14-16H2,1-3H3. The highest BCUT2D eigenvalue weighted by atomic mass is 35.5. The van der Waals surface area contributed by atoms with Crippen molar-refractivity contribution in [3.63, 3.8) is 0 Å². The monoisotopic (exact) mass is 537 g/mol. The molecule has 0 unspecified atom stereocenters. The van der Waals surface area contributed by atoms with Crippen molar-refractivity contribution in [3.8, 4) is 16.9 Å². The van der Waals surface area contributed by atoms with E-state index in [-0.39, 0.29) is 11.1 Å². The van der Waals surface area contributed by atoms with Crippen molar-refractivity contribution in [2.24, 2.45) is 0 Å². The highest BCUT2D eigenvalue weighted by Crippen LogP contribution is 2.37. The van der Waals surface area contributed by atoms with Crippen LogP contribution in [-0.4, -0.2) is 33.1 Å². The first-order valence-electron chi connectivity index (χ1n) is 11.9. The van der Waals surface area contributed by atoms with Crippen LogP contribution in [0.25, 0.3) is 33.4 Å². The summed E-state index contributed by atoms with van der Waals surface area (Å²) in [6, 6.07) is 18.1. The lowest BCUT2D eigenvalue weighted by atomic mass is 9.97. The Morgan fingerprint density at radius 1 is 0.889 bits per heavy atom. The van der Waals surface area contributed by atoms with Gasteiger partial charge in [0, 0.05) is 40.7 Å². The second-order valence-corrected chi connectivity index (χ2v) is 11.2. The molecular formula is C29H26Cl3N3O. The van der Waals surface area contributed by atoms with Gasteiger partial charge < -0.3 is 0 Å². The van der Waals surface area contributed by atoms with Gasteiger partial charge in [-0.15, -0.1) is 0 Å². The maximum Gasteiger partial charge on any atom is 0.255 e. The van der Waals surface area contributed by atoms with Gasteiger partial charge >= 0.3 is 0 Å². The quantitative estimate of drug-likeness (QED) is 0.266. The Bertz CT molecular complexity index is 1550. The van der Waals surface area contributed by atoms with Crippen LogP contribution in [0.3, 0.4) is 0 Å². The molecule has 0 saturated carbocycles. The summed E-state index contributed by atoms with van der Waals surface area (Å²) in [6.07, 6.45) is 3.08. The number of aromatic nitrogens is 2. The van der Waals surface area contributed by atoms with Crippen LogP contribution in [0.4, 0.5) is 0 Å². The van der Waals surface area contributed by atoms with E-state index in [1.165, 1.54) is 6.07 Å². The number of benzene rings is 2. The van der Waals surface area contributed by atoms with Gasteiger partial charge in [-0.05, 0) is 63.1 Å². The number of para-hydroxylation sites is 1. The van der Waals surface area contributed by atoms with E-state index in [9.17, 15) is 4.79 Å². The zero-order chi connectivity index (χ0) is 25.6. The Kier molecular flexibility index (Phi) is 6.73. The van der Waals surface area contributed by atoms with Crippen LogP contribution in [-0.2, 0) is 0 Å². The smallest absolute Gasteiger partial charge is 0.255 e. The molecule has 4 nitrogen and oxygen atoms in total. The Morgan fingerprint density at radius 3 is 2.22 bits per heavy atom. The Hall–Kier alpha value is -2.63. The molecule has 7 heteroatoms. The van der Waals surface area contributed by atoms with Crippen LogP contribution in [0, 0.1) is 0 Å². The van der Waals surface area contributed by atoms with Gasteiger partial charge in [-0.3, -0.25) is 14.3 Å². The number of rotatable bonds is 3. The van der Waals surface area contributed by atoms with Crippen molar-refractivity contribution in [1.82, 2.24) is 14.5 Å². The van der Waals surface area contributed by atoms with Gasteiger partial charge in [0.15, 0.2) is 0 Å². The van der Waals surface area contributed by atoms with E-state index in [1.54, 1.807) is 28.8 Å². The number of hydrogen-bond acceptors (Lipinski definition) is 3. The summed E-state index contributed by atoms with van der Waals surface area (Å²) in [6.45, 7) is 8.43. The van der Waals surface area contributed by atoms with Gasteiger partial charge in [-0.2, -0.15) is 0 Å². The number of pyridine rings is 2. The lowest BCUT2D eigenvalue weighted by Gasteiger charge is -2.37. The molecule has 2 aromatic heterocycles. The molecular weight excluding hydrogens is 513 g/mol. The SMILES string of the molecule is CC(C)(C)N1CC=C(c2cc3c(ccc(=O)n3-c3c(Cl)cccc3Cl)c(-c3ccccc3Cl)n2)CC1. The first kappa shape index (κ1) is 25.0. The normalized spacial score (nSPS) is 14.8. The molecule has 1 aliphatic rings. The molecule has 0 amide bonds. The maximum atomic E-state index is 13.3. The molecule has 0 radical (unpaired) electrons. The second-order valence-electron chi connectivity index (χ2n) is 9.94. The van der Waals surface area contributed by atoms with Crippen LogP contribution in [0.2, 0.25) is 15.1 Å². The maximum absolute atomic E-state index is 13.3. The summed E-state index contributed by atoms with van der Waals surface area (Å²) >= 11 is 19.8. The van der Waals surface area contributed by atoms with E-state index in [1.807, 2.05) is 30.3 Å². The fourth-order valence-corrected chi connectivity index (χ4v) is 5.50. The Balaban J connectivity index is 1.82. The molecule has 0 aliphatic carbocycles. The minimum Gasteiger partial charge on any atom is -0.294 e. The topological polar surface area (TPSA) is 38.1 Å². The number of fused-ring (bicyclic) bond motifs is 1. The molecule has 5 rings (SSSR count). The minimum absolute atomic E-state index is 0.0862. The summed E-state index contributed by atoms with van der Waals surface area (Å²) in [5.74, 6) is 0. The Labute approximate surface area is 225 Å². The average molecular weight is 539 g/mol. The van der Waals surface area contributed by atoms with E-state index in [4.69, 9.17) is 39.8 Å². The molecule has 0 fully saturated rings. The van der Waals surface area contributed by atoms with E-state index in [0.29, 0.717) is 32.0 Å². The molecule has 0 N–H and O–H groups in total. The first-order valence-corrected chi connectivity index (χ1v) is 13.0. The highest BCUT2D eigenvalue weighted by Gasteiger charge is 2.25. The van der Waals surface area contributed by atoms with Crippen LogP contribution >= 0.6 is 34.8 Å². The molecule has 1 aliphatic heterocycles. The molecule has 4 aromatic rings. The molecule has 3 heterocycles. The van der Waals surface area contributed by atoms with Crippen molar-refractivity contribution in [2.75, 3.05) is 13.1 Å². The predicted octanol–water partition coefficient (Wildman–Crippen LogP) is 7.90. The predicted molar refractivity (Wildman–Crippen MR) is 152 cm³/mol. The van der Waals surface area contributed by atoms with Crippen molar-refractivity contribution >= 4 is 51.3 Å². The van der Waals surface area contributed by atoms with Crippen molar-refractivity contribution in [1.29, 1.82) is 0 Å². The zero-order valence-electron chi connectivity index (χ0n) is 20.4. The van der Waals surface area contributed by atoms with Gasteiger partial charge in [-0.25, -0.2) is 4.98 Å². The van der Waals surface area contributed by atoms with Crippen LogP contribution < -0.4 is 5.56 Å². The second kappa shape index (κ2) is 9.68. The van der Waals surface area contributed by atoms with Crippen LogP contribution in [0.1, 0.15) is 32.9 Å². The first-order chi connectivity index (χ1) is 17.1. The number of halogens is 3. The van der Waals surface area contributed by atoms with E-state index >= 15 is 0 Å². The molecule has 184 valence electrons. The fourth-order valence-electron chi connectivity index (χ4n) is 4.71. The minimum atomic E-state index is -0.226. The third-order valence-electron chi connectivity index (χ3n) is 6.67. The summed E-state index contributed by atoms with van der Waals surface area (Å²) in [7, 11) is 0. The lowest BCUT2D eigenvalue weighted by molar-refractivity contribution is 0.153. The van der Waals surface area contributed by atoms with Gasteiger partial charge in [0.1, 0.15) is 0 Å². The third kappa shape index (κ3) is 4.59. The molecule has 0 saturated heterocycles. The largest absolute Gasteiger partial charge is 0.294 e. The summed E-state index contributed by atoms with van der Waals surface area (Å²) in [5.41, 5.74) is 4.46. The van der Waals surface area contributed by atoms with Crippen molar-refractivity contribution < 1.29 is 0 Å². The third-order valence-corrected chi connectivity index (χ3v) is 7.61. The van der Waals surface area contributed by atoms with Crippen molar-refractivity contribution in [3.05, 3.63) is 97.9 Å². The van der Waals surface area contributed by atoms with Crippen LogP contribution in [0.15, 0.2) is 71.5 Å².